The monoisotopic (exact) mass is 880 g/mol. The molecule has 0 heterocycles. The van der Waals surface area contributed by atoms with Crippen LogP contribution in [-0.2, 0) is 26.2 Å². The number of hydrogen-bond donors (Lipinski definition) is 0. The molecule has 0 atom stereocenters. The van der Waals surface area contributed by atoms with Gasteiger partial charge in [0.1, 0.15) is 0 Å². The average Bonchev–Trinajstić information content (AvgIpc) is 3.63. The van der Waals surface area contributed by atoms with Gasteiger partial charge in [0.25, 0.3) is 0 Å². The van der Waals surface area contributed by atoms with Crippen molar-refractivity contribution < 1.29 is 51.0 Å². The second-order valence-corrected chi connectivity index (χ2v) is 16.9. The van der Waals surface area contributed by atoms with Crippen LogP contribution in [-0.4, -0.2) is 11.0 Å². The number of hydrogen-bond acceptors (Lipinski definition) is 0. The van der Waals surface area contributed by atoms with Gasteiger partial charge >= 0.3 is 26.2 Å². The normalized spacial score (nSPS) is 10.8. The van der Waals surface area contributed by atoms with E-state index in [-0.39, 0.29) is 76.8 Å². The number of aryl methyl sites for hydroxylation is 2. The molecule has 6 aromatic carbocycles. The maximum Gasteiger partial charge on any atom is 2.00 e. The molecule has 0 amide bonds. The first-order valence-corrected chi connectivity index (χ1v) is 19.2. The van der Waals surface area contributed by atoms with Gasteiger partial charge in [-0.3, -0.25) is 0 Å². The van der Waals surface area contributed by atoms with E-state index in [1.165, 1.54) is 88.3 Å². The molecule has 0 N–H and O–H groups in total. The van der Waals surface area contributed by atoms with Gasteiger partial charge in [-0.15, -0.1) is 56.9 Å². The quantitative estimate of drug-likeness (QED) is 0.106. The summed E-state index contributed by atoms with van der Waals surface area (Å²) in [6.07, 6.45) is 0. The summed E-state index contributed by atoms with van der Waals surface area (Å²) in [5.74, 6) is 3.25. The Labute approximate surface area is 379 Å². The third-order valence-electron chi connectivity index (χ3n) is 10.6. The zero-order chi connectivity index (χ0) is 36.6. The molecule has 6 aromatic rings. The van der Waals surface area contributed by atoms with Crippen molar-refractivity contribution in [1.82, 2.24) is 0 Å². The molecule has 0 aliphatic carbocycles. The minimum Gasteiger partial charge on any atom is -1.00 e. The van der Waals surface area contributed by atoms with E-state index in [0.717, 1.165) is 0 Å². The van der Waals surface area contributed by atoms with Crippen molar-refractivity contribution in [3.8, 4) is 22.3 Å². The van der Waals surface area contributed by atoms with Crippen LogP contribution in [0.1, 0.15) is 163 Å². The van der Waals surface area contributed by atoms with Crippen molar-refractivity contribution in [2.45, 2.75) is 132 Å². The third kappa shape index (κ3) is 12.9. The van der Waals surface area contributed by atoms with Crippen LogP contribution in [0, 0.1) is 28.7 Å². The van der Waals surface area contributed by atoms with E-state index >= 15 is 0 Å². The second kappa shape index (κ2) is 23.4. The van der Waals surface area contributed by atoms with Gasteiger partial charge in [-0.25, -0.2) is 0 Å². The second-order valence-electron chi connectivity index (χ2n) is 16.9. The molecule has 0 unspecified atom stereocenters. The van der Waals surface area contributed by atoms with E-state index in [0.29, 0.717) is 35.5 Å². The van der Waals surface area contributed by atoms with Crippen LogP contribution in [0.5, 0.6) is 0 Å². The average molecular weight is 883 g/mol. The van der Waals surface area contributed by atoms with Crippen LogP contribution < -0.4 is 24.8 Å². The molecule has 4 heteroatoms. The van der Waals surface area contributed by atoms with Crippen molar-refractivity contribution >= 4 is 32.5 Å². The molecule has 56 heavy (non-hydrogen) atoms. The molecule has 0 spiro atoms. The topological polar surface area (TPSA) is 0 Å². The molecule has 0 aromatic heterocycles. The largest absolute Gasteiger partial charge is 2.00 e. The van der Waals surface area contributed by atoms with Gasteiger partial charge in [-0.2, -0.15) is 12.1 Å². The summed E-state index contributed by atoms with van der Waals surface area (Å²) in [5.41, 5.74) is 16.8. The summed E-state index contributed by atoms with van der Waals surface area (Å²) in [4.78, 5) is 0. The maximum atomic E-state index is 2.41. The van der Waals surface area contributed by atoms with Crippen LogP contribution in [0.3, 0.4) is 0 Å². The molecule has 0 aliphatic heterocycles. The molecule has 0 bridgehead atoms. The fourth-order valence-electron chi connectivity index (χ4n) is 7.13. The third-order valence-corrected chi connectivity index (χ3v) is 10.6. The predicted molar refractivity (Wildman–Crippen MR) is 243 cm³/mol. The summed E-state index contributed by atoms with van der Waals surface area (Å²) in [7, 11) is 0. The number of benzene rings is 4. The molecule has 0 fully saturated rings. The van der Waals surface area contributed by atoms with Crippen molar-refractivity contribution in [2.24, 2.45) is 0 Å². The Hall–Kier alpha value is -2.22. The predicted octanol–water partition coefficient (Wildman–Crippen LogP) is 10.3. The number of fused-ring (bicyclic) bond motifs is 2. The van der Waals surface area contributed by atoms with E-state index in [2.05, 4.69) is 182 Å². The maximum absolute atomic E-state index is 2.41. The van der Waals surface area contributed by atoms with E-state index in [4.69, 9.17) is 0 Å². The SMILES string of the molecule is Cc1cc2c(-c3cc(C(C)C)cc(C(C)C)c3)cc(C(C)C)cc2[cH-]1.Cc1cc2c(-c3cc(C(C)C)cc(C(C)C)c3)cc(C(C)C)cc2[cH-]1.[CH3-].[CH3-].[Cl-].[Cl-].[Si].[Zr+2]. The molecule has 0 nitrogen and oxygen atoms in total. The number of halogens is 2. The fourth-order valence-corrected chi connectivity index (χ4v) is 7.13. The number of rotatable bonds is 8. The van der Waals surface area contributed by atoms with Crippen molar-refractivity contribution in [1.29, 1.82) is 0 Å². The zero-order valence-corrected chi connectivity index (χ0v) is 42.3. The molecule has 6 rings (SSSR count). The first-order valence-electron chi connectivity index (χ1n) is 19.2. The van der Waals surface area contributed by atoms with Crippen LogP contribution in [0.15, 0.2) is 84.9 Å². The van der Waals surface area contributed by atoms with Crippen molar-refractivity contribution in [2.75, 3.05) is 0 Å². The van der Waals surface area contributed by atoms with Crippen LogP contribution >= 0.6 is 0 Å². The minimum atomic E-state index is 0. The molecule has 0 saturated heterocycles. The zero-order valence-electron chi connectivity index (χ0n) is 37.3. The Bertz CT molecular complexity index is 1900. The Balaban J connectivity index is 0. The first-order chi connectivity index (χ1) is 23.5. The molecule has 4 radical (unpaired) electrons. The van der Waals surface area contributed by atoms with E-state index < -0.39 is 0 Å². The molecular weight excluding hydrogens is 815 g/mol. The van der Waals surface area contributed by atoms with E-state index in [1.54, 1.807) is 0 Å². The van der Waals surface area contributed by atoms with Gasteiger partial charge in [0.15, 0.2) is 0 Å². The van der Waals surface area contributed by atoms with Crippen LogP contribution in [0.4, 0.5) is 0 Å². The molecular formula is C52H68Cl2SiZr-4. The Morgan fingerprint density at radius 1 is 0.357 bits per heavy atom. The van der Waals surface area contributed by atoms with Crippen molar-refractivity contribution in [3.05, 3.63) is 144 Å². The van der Waals surface area contributed by atoms with Gasteiger partial charge in [-0.1, -0.05) is 168 Å². The molecule has 0 aliphatic rings. The molecule has 302 valence electrons. The standard InChI is InChI=1S/2C25H31.2CH3.2ClH.Si.Zr/c2*1-15(2)19-10-20(16(3)4)12-23(11-19)25-14-21(17(5)6)13-22-8-18(7)9-24(22)25;;;;;;/h2*8-17H,1-7H3;2*1H3;2*1H;;/q4*-1;;;;+2/p-2. The molecule has 0 saturated carbocycles. The van der Waals surface area contributed by atoms with E-state index in [1.807, 2.05) is 0 Å². The summed E-state index contributed by atoms with van der Waals surface area (Å²) in [6, 6.07) is 33.3. The summed E-state index contributed by atoms with van der Waals surface area (Å²) >= 11 is 0. The van der Waals surface area contributed by atoms with Gasteiger partial charge < -0.3 is 39.7 Å². The summed E-state index contributed by atoms with van der Waals surface area (Å²) in [6.45, 7) is 31.8. The van der Waals surface area contributed by atoms with Gasteiger partial charge in [0.2, 0.25) is 0 Å². The van der Waals surface area contributed by atoms with Crippen molar-refractivity contribution in [3.63, 3.8) is 0 Å². The minimum absolute atomic E-state index is 0. The summed E-state index contributed by atoms with van der Waals surface area (Å²) in [5, 5.41) is 5.52. The Morgan fingerprint density at radius 2 is 0.589 bits per heavy atom. The van der Waals surface area contributed by atoms with Gasteiger partial charge in [0.05, 0.1) is 0 Å². The van der Waals surface area contributed by atoms with Crippen LogP contribution in [0.2, 0.25) is 0 Å². The smallest absolute Gasteiger partial charge is 1.00 e. The Morgan fingerprint density at radius 3 is 0.821 bits per heavy atom. The van der Waals surface area contributed by atoms with E-state index in [9.17, 15) is 0 Å². The fraction of sp³-hybridized carbons (Fsp3) is 0.385. The summed E-state index contributed by atoms with van der Waals surface area (Å²) < 4.78 is 0. The van der Waals surface area contributed by atoms with Crippen LogP contribution in [0.25, 0.3) is 43.8 Å². The first kappa shape index (κ1) is 55.9. The van der Waals surface area contributed by atoms with Gasteiger partial charge in [0, 0.05) is 11.0 Å². The Kier molecular flexibility index (Phi) is 23.3. The van der Waals surface area contributed by atoms with Gasteiger partial charge in [-0.05, 0) is 68.9 Å².